The number of aryl methyl sites for hydroxylation is 2. The van der Waals surface area contributed by atoms with E-state index in [2.05, 4.69) is 36.9 Å². The van der Waals surface area contributed by atoms with Crippen LogP contribution < -0.4 is 15.5 Å². The van der Waals surface area contributed by atoms with Crippen LogP contribution in [-0.4, -0.2) is 33.1 Å². The quantitative estimate of drug-likeness (QED) is 0.594. The standard InChI is InChI=1S/C20H20BrN5O2S/c1-11-6-4-5-7-15(11)22-19(27)18-17(13-8-9-16(28-3)14(21)10-13)25-26-12(2)23-24-20(26)29-18/h4-10,17-18,25H,1-3H3,(H,22,27). The average Bonchev–Trinajstić information content (AvgIpc) is 3.08. The molecule has 2 aromatic carbocycles. The molecule has 29 heavy (non-hydrogen) atoms. The fraction of sp³-hybridized carbons (Fsp3) is 0.250. The van der Waals surface area contributed by atoms with E-state index in [1.54, 1.807) is 7.11 Å². The number of nitrogens with one attached hydrogen (secondary N) is 2. The van der Waals surface area contributed by atoms with Gasteiger partial charge in [-0.3, -0.25) is 4.79 Å². The zero-order chi connectivity index (χ0) is 20.5. The summed E-state index contributed by atoms with van der Waals surface area (Å²) in [5.74, 6) is 1.38. The maximum absolute atomic E-state index is 13.3. The van der Waals surface area contributed by atoms with E-state index in [1.807, 2.05) is 61.0 Å². The number of hydrogen-bond donors (Lipinski definition) is 2. The molecule has 0 spiro atoms. The Hall–Kier alpha value is -2.52. The van der Waals surface area contributed by atoms with Crippen LogP contribution in [0.25, 0.3) is 0 Å². The third-order valence-electron chi connectivity index (χ3n) is 4.79. The van der Waals surface area contributed by atoms with Crippen LogP contribution >= 0.6 is 27.7 Å². The molecule has 1 aliphatic heterocycles. The minimum atomic E-state index is -0.439. The molecule has 2 N–H and O–H groups in total. The number of amides is 1. The van der Waals surface area contributed by atoms with Crippen LogP contribution in [0, 0.1) is 13.8 Å². The molecule has 0 radical (unpaired) electrons. The van der Waals surface area contributed by atoms with E-state index in [1.165, 1.54) is 11.8 Å². The molecule has 4 rings (SSSR count). The Morgan fingerprint density at radius 1 is 1.24 bits per heavy atom. The third kappa shape index (κ3) is 3.84. The summed E-state index contributed by atoms with van der Waals surface area (Å²) >= 11 is 4.94. The molecule has 0 bridgehead atoms. The summed E-state index contributed by atoms with van der Waals surface area (Å²) in [5, 5.41) is 11.6. The summed E-state index contributed by atoms with van der Waals surface area (Å²) in [6.45, 7) is 3.85. The number of para-hydroxylation sites is 1. The number of benzene rings is 2. The van der Waals surface area contributed by atoms with Gasteiger partial charge in [0.15, 0.2) is 0 Å². The van der Waals surface area contributed by atoms with Crippen molar-refractivity contribution in [1.82, 2.24) is 14.9 Å². The van der Waals surface area contributed by atoms with Crippen LogP contribution in [0.1, 0.15) is 23.0 Å². The van der Waals surface area contributed by atoms with Crippen molar-refractivity contribution in [3.05, 3.63) is 63.9 Å². The second-order valence-corrected chi connectivity index (χ2v) is 8.67. The van der Waals surface area contributed by atoms with E-state index in [-0.39, 0.29) is 11.9 Å². The normalized spacial score (nSPS) is 17.9. The number of hydrogen-bond acceptors (Lipinski definition) is 6. The predicted octanol–water partition coefficient (Wildman–Crippen LogP) is 4.06. The number of aromatic nitrogens is 3. The van der Waals surface area contributed by atoms with Gasteiger partial charge in [-0.05, 0) is 59.1 Å². The van der Waals surface area contributed by atoms with Crippen molar-refractivity contribution in [3.63, 3.8) is 0 Å². The lowest BCUT2D eigenvalue weighted by atomic mass is 10.0. The number of thioether (sulfide) groups is 1. The molecule has 2 atom stereocenters. The van der Waals surface area contributed by atoms with Crippen molar-refractivity contribution in [2.24, 2.45) is 0 Å². The van der Waals surface area contributed by atoms with Gasteiger partial charge in [0, 0.05) is 5.69 Å². The summed E-state index contributed by atoms with van der Waals surface area (Å²) < 4.78 is 7.99. The lowest BCUT2D eigenvalue weighted by molar-refractivity contribution is -0.116. The molecule has 7 nitrogen and oxygen atoms in total. The molecular weight excluding hydrogens is 454 g/mol. The number of nitrogens with zero attached hydrogens (tertiary/aromatic N) is 3. The number of anilines is 1. The van der Waals surface area contributed by atoms with E-state index in [4.69, 9.17) is 4.74 Å². The van der Waals surface area contributed by atoms with Crippen molar-refractivity contribution in [1.29, 1.82) is 0 Å². The molecule has 150 valence electrons. The SMILES string of the molecule is COc1ccc(C2Nn3c(C)nnc3SC2C(=O)Nc2ccccc2C)cc1Br. The van der Waals surface area contributed by atoms with Gasteiger partial charge in [0.05, 0.1) is 17.6 Å². The molecule has 0 aliphatic carbocycles. The van der Waals surface area contributed by atoms with Crippen molar-refractivity contribution in [3.8, 4) is 5.75 Å². The molecule has 1 aliphatic rings. The molecule has 9 heteroatoms. The minimum Gasteiger partial charge on any atom is -0.496 e. The lowest BCUT2D eigenvalue weighted by Crippen LogP contribution is -2.41. The molecule has 1 amide bonds. The maximum atomic E-state index is 13.3. The van der Waals surface area contributed by atoms with Gasteiger partial charge in [-0.1, -0.05) is 36.0 Å². The molecule has 0 saturated carbocycles. The van der Waals surface area contributed by atoms with Crippen LogP contribution in [0.15, 0.2) is 52.1 Å². The van der Waals surface area contributed by atoms with E-state index >= 15 is 0 Å². The van der Waals surface area contributed by atoms with Crippen LogP contribution in [0.4, 0.5) is 5.69 Å². The van der Waals surface area contributed by atoms with Crippen molar-refractivity contribution >= 4 is 39.3 Å². The maximum Gasteiger partial charge on any atom is 0.240 e. The van der Waals surface area contributed by atoms with Gasteiger partial charge in [0.25, 0.3) is 0 Å². The Bertz CT molecular complexity index is 1070. The van der Waals surface area contributed by atoms with E-state index in [0.717, 1.165) is 32.9 Å². The first-order valence-corrected chi connectivity index (χ1v) is 10.7. The second-order valence-electron chi connectivity index (χ2n) is 6.71. The van der Waals surface area contributed by atoms with Gasteiger partial charge >= 0.3 is 0 Å². The van der Waals surface area contributed by atoms with Crippen LogP contribution in [0.3, 0.4) is 0 Å². The highest BCUT2D eigenvalue weighted by Gasteiger charge is 2.37. The number of methoxy groups -OCH3 is 1. The summed E-state index contributed by atoms with van der Waals surface area (Å²) in [6.07, 6.45) is 0. The highest BCUT2D eigenvalue weighted by molar-refractivity contribution is 9.10. The van der Waals surface area contributed by atoms with E-state index < -0.39 is 5.25 Å². The van der Waals surface area contributed by atoms with Gasteiger partial charge in [-0.25, -0.2) is 4.68 Å². The monoisotopic (exact) mass is 473 g/mol. The van der Waals surface area contributed by atoms with Gasteiger partial charge in [0.2, 0.25) is 11.1 Å². The highest BCUT2D eigenvalue weighted by Crippen LogP contribution is 2.39. The molecule has 3 aromatic rings. The predicted molar refractivity (Wildman–Crippen MR) is 117 cm³/mol. The molecule has 2 unspecified atom stereocenters. The Labute approximate surface area is 181 Å². The minimum absolute atomic E-state index is 0.0966. The highest BCUT2D eigenvalue weighted by atomic mass is 79.9. The largest absolute Gasteiger partial charge is 0.496 e. The smallest absolute Gasteiger partial charge is 0.240 e. The summed E-state index contributed by atoms with van der Waals surface area (Å²) in [5.41, 5.74) is 6.17. The van der Waals surface area contributed by atoms with E-state index in [9.17, 15) is 4.79 Å². The fourth-order valence-corrected chi connectivity index (χ4v) is 4.89. The summed E-state index contributed by atoms with van der Waals surface area (Å²) in [7, 11) is 1.62. The number of carbonyl (C=O) groups is 1. The first-order chi connectivity index (χ1) is 14.0. The topological polar surface area (TPSA) is 81.1 Å². The fourth-order valence-electron chi connectivity index (χ4n) is 3.20. The number of halogens is 1. The van der Waals surface area contributed by atoms with E-state index in [0.29, 0.717) is 5.16 Å². The number of rotatable bonds is 4. The Morgan fingerprint density at radius 2 is 2.03 bits per heavy atom. The zero-order valence-corrected chi connectivity index (χ0v) is 18.5. The summed E-state index contributed by atoms with van der Waals surface area (Å²) in [6, 6.07) is 13.3. The number of carbonyl (C=O) groups excluding carboxylic acids is 1. The second kappa shape index (κ2) is 8.08. The lowest BCUT2D eigenvalue weighted by Gasteiger charge is -2.33. The summed E-state index contributed by atoms with van der Waals surface area (Å²) in [4.78, 5) is 13.3. The Balaban J connectivity index is 1.70. The first-order valence-electron chi connectivity index (χ1n) is 9.03. The van der Waals surface area contributed by atoms with Gasteiger partial charge < -0.3 is 15.5 Å². The van der Waals surface area contributed by atoms with Gasteiger partial charge in [-0.2, -0.15) is 0 Å². The molecule has 0 saturated heterocycles. The number of ether oxygens (including phenoxy) is 1. The molecule has 0 fully saturated rings. The average molecular weight is 474 g/mol. The molecular formula is C20H20BrN5O2S. The first kappa shape index (κ1) is 19.8. The Morgan fingerprint density at radius 3 is 2.76 bits per heavy atom. The Kier molecular flexibility index (Phi) is 5.51. The number of fused-ring (bicyclic) bond motifs is 1. The van der Waals surface area contributed by atoms with Crippen LogP contribution in [0.2, 0.25) is 0 Å². The van der Waals surface area contributed by atoms with Gasteiger partial charge in [0.1, 0.15) is 16.8 Å². The molecule has 2 heterocycles. The van der Waals surface area contributed by atoms with Crippen molar-refractivity contribution < 1.29 is 9.53 Å². The van der Waals surface area contributed by atoms with Crippen LogP contribution in [-0.2, 0) is 4.79 Å². The molecule has 1 aromatic heterocycles. The zero-order valence-electron chi connectivity index (χ0n) is 16.1. The van der Waals surface area contributed by atoms with Crippen LogP contribution in [0.5, 0.6) is 5.75 Å². The van der Waals surface area contributed by atoms with Crippen molar-refractivity contribution in [2.75, 3.05) is 17.9 Å². The third-order valence-corrected chi connectivity index (χ3v) is 6.63. The van der Waals surface area contributed by atoms with Crippen molar-refractivity contribution in [2.45, 2.75) is 30.3 Å². The van der Waals surface area contributed by atoms with Gasteiger partial charge in [-0.15, -0.1) is 10.2 Å².